The minimum absolute atomic E-state index is 0.0602. The highest BCUT2D eigenvalue weighted by molar-refractivity contribution is 7.10. The first kappa shape index (κ1) is 18.1. The number of amides is 2. The van der Waals surface area contributed by atoms with Crippen molar-refractivity contribution in [2.24, 2.45) is 4.99 Å². The maximum absolute atomic E-state index is 12.0. The van der Waals surface area contributed by atoms with Crippen molar-refractivity contribution >= 4 is 23.1 Å². The number of urea groups is 1. The van der Waals surface area contributed by atoms with Crippen molar-refractivity contribution in [2.45, 2.75) is 25.3 Å². The summed E-state index contributed by atoms with van der Waals surface area (Å²) in [7, 11) is 0. The highest BCUT2D eigenvalue weighted by atomic mass is 32.1. The summed E-state index contributed by atoms with van der Waals surface area (Å²) >= 11 is 1.57. The molecule has 2 aromatic carbocycles. The average Bonchev–Trinajstić information content (AvgIpc) is 3.18. The van der Waals surface area contributed by atoms with Crippen molar-refractivity contribution in [3.63, 3.8) is 0 Å². The van der Waals surface area contributed by atoms with E-state index in [1.54, 1.807) is 23.5 Å². The standard InChI is InChI=1S/C22H18N4OS/c1-14-20(18(26-22(27)24-14)11-15-5-3-2-4-6-15)21-25-19(13-28-21)17-9-7-16(12-23)8-10-17/h2-10,13,18,20H,11H2,1H3,(H,26,27). The molecule has 2 heterocycles. The molecular weight excluding hydrogens is 368 g/mol. The second kappa shape index (κ2) is 7.75. The number of aliphatic imine (C=N–C) groups is 1. The Labute approximate surface area is 167 Å². The lowest BCUT2D eigenvalue weighted by Crippen LogP contribution is -2.46. The first-order chi connectivity index (χ1) is 13.6. The Kier molecular flexibility index (Phi) is 5.00. The maximum Gasteiger partial charge on any atom is 0.341 e. The largest absolute Gasteiger partial charge is 0.341 e. The van der Waals surface area contributed by atoms with Crippen LogP contribution in [0.5, 0.6) is 0 Å². The van der Waals surface area contributed by atoms with Gasteiger partial charge in [0.05, 0.1) is 23.2 Å². The van der Waals surface area contributed by atoms with Gasteiger partial charge < -0.3 is 5.32 Å². The predicted molar refractivity (Wildman–Crippen MR) is 111 cm³/mol. The lowest BCUT2D eigenvalue weighted by Gasteiger charge is -2.29. The monoisotopic (exact) mass is 386 g/mol. The fourth-order valence-electron chi connectivity index (χ4n) is 3.46. The molecule has 0 fully saturated rings. The number of benzene rings is 2. The van der Waals surface area contributed by atoms with E-state index in [1.807, 2.05) is 42.6 Å². The van der Waals surface area contributed by atoms with Crippen molar-refractivity contribution < 1.29 is 4.79 Å². The van der Waals surface area contributed by atoms with Crippen LogP contribution in [0.4, 0.5) is 4.79 Å². The van der Waals surface area contributed by atoms with Gasteiger partial charge >= 0.3 is 6.03 Å². The average molecular weight is 386 g/mol. The third kappa shape index (κ3) is 3.71. The highest BCUT2D eigenvalue weighted by Crippen LogP contribution is 2.32. The lowest BCUT2D eigenvalue weighted by molar-refractivity contribution is 0.242. The molecule has 0 radical (unpaired) electrons. The number of hydrogen-bond acceptors (Lipinski definition) is 4. The van der Waals surface area contributed by atoms with E-state index in [1.165, 1.54) is 0 Å². The third-order valence-electron chi connectivity index (χ3n) is 4.84. The van der Waals surface area contributed by atoms with Gasteiger partial charge in [0.1, 0.15) is 5.01 Å². The lowest BCUT2D eigenvalue weighted by atomic mass is 9.89. The highest BCUT2D eigenvalue weighted by Gasteiger charge is 2.33. The van der Waals surface area contributed by atoms with Gasteiger partial charge in [0.15, 0.2) is 0 Å². The van der Waals surface area contributed by atoms with Crippen LogP contribution >= 0.6 is 11.3 Å². The molecule has 5 nitrogen and oxygen atoms in total. The number of aromatic nitrogens is 1. The van der Waals surface area contributed by atoms with Gasteiger partial charge in [0.25, 0.3) is 0 Å². The van der Waals surface area contributed by atoms with Crippen LogP contribution < -0.4 is 5.32 Å². The first-order valence-electron chi connectivity index (χ1n) is 8.99. The van der Waals surface area contributed by atoms with E-state index in [2.05, 4.69) is 28.5 Å². The number of rotatable bonds is 4. The molecule has 1 N–H and O–H groups in total. The van der Waals surface area contributed by atoms with E-state index in [0.717, 1.165) is 34.0 Å². The number of nitriles is 1. The van der Waals surface area contributed by atoms with Crippen LogP contribution in [0.25, 0.3) is 11.3 Å². The summed E-state index contributed by atoms with van der Waals surface area (Å²) in [4.78, 5) is 21.0. The van der Waals surface area contributed by atoms with Crippen LogP contribution in [0.2, 0.25) is 0 Å². The zero-order chi connectivity index (χ0) is 19.5. The minimum atomic E-state index is -0.293. The molecule has 3 aromatic rings. The Morgan fingerprint density at radius 1 is 1.14 bits per heavy atom. The van der Waals surface area contributed by atoms with Gasteiger partial charge in [-0.1, -0.05) is 42.5 Å². The van der Waals surface area contributed by atoms with Gasteiger partial charge in [-0.2, -0.15) is 5.26 Å². The van der Waals surface area contributed by atoms with Crippen molar-refractivity contribution in [3.05, 3.63) is 76.1 Å². The molecule has 2 atom stereocenters. The molecular formula is C22H18N4OS. The van der Waals surface area contributed by atoms with E-state index in [4.69, 9.17) is 10.2 Å². The van der Waals surface area contributed by atoms with E-state index >= 15 is 0 Å². The number of thiazole rings is 1. The smallest absolute Gasteiger partial charge is 0.332 e. The Bertz CT molecular complexity index is 1060. The van der Waals surface area contributed by atoms with Crippen LogP contribution in [0.3, 0.4) is 0 Å². The predicted octanol–water partition coefficient (Wildman–Crippen LogP) is 4.56. The van der Waals surface area contributed by atoms with Gasteiger partial charge in [-0.15, -0.1) is 11.3 Å². The third-order valence-corrected chi connectivity index (χ3v) is 5.76. The Morgan fingerprint density at radius 3 is 2.61 bits per heavy atom. The first-order valence-corrected chi connectivity index (χ1v) is 9.87. The summed E-state index contributed by atoms with van der Waals surface area (Å²) in [5, 5.41) is 14.9. The molecule has 6 heteroatoms. The Hall–Kier alpha value is -3.30. The van der Waals surface area contributed by atoms with Crippen LogP contribution in [0.1, 0.15) is 29.0 Å². The van der Waals surface area contributed by atoms with Crippen molar-refractivity contribution in [1.82, 2.24) is 10.3 Å². The van der Waals surface area contributed by atoms with Crippen molar-refractivity contribution in [2.75, 3.05) is 0 Å². The zero-order valence-electron chi connectivity index (χ0n) is 15.3. The van der Waals surface area contributed by atoms with Gasteiger partial charge in [-0.25, -0.2) is 14.8 Å². The molecule has 0 bridgehead atoms. The summed E-state index contributed by atoms with van der Waals surface area (Å²) in [6, 6.07) is 19.3. The van der Waals surface area contributed by atoms with Gasteiger partial charge in [-0.3, -0.25) is 0 Å². The number of hydrogen-bond donors (Lipinski definition) is 1. The molecule has 0 aliphatic carbocycles. The van der Waals surface area contributed by atoms with Gasteiger partial charge in [-0.05, 0) is 31.0 Å². The quantitative estimate of drug-likeness (QED) is 0.714. The summed E-state index contributed by atoms with van der Waals surface area (Å²) in [5.41, 5.74) is 4.41. The van der Waals surface area contributed by atoms with E-state index in [-0.39, 0.29) is 18.0 Å². The molecule has 28 heavy (non-hydrogen) atoms. The summed E-state index contributed by atoms with van der Waals surface area (Å²) in [6.45, 7) is 1.89. The fraction of sp³-hybridized carbons (Fsp3) is 0.182. The molecule has 0 spiro atoms. The normalized spacial score (nSPS) is 18.9. The molecule has 0 saturated heterocycles. The molecule has 4 rings (SSSR count). The molecule has 138 valence electrons. The molecule has 2 unspecified atom stereocenters. The molecule has 1 aromatic heterocycles. The molecule has 1 aliphatic rings. The Morgan fingerprint density at radius 2 is 1.89 bits per heavy atom. The second-order valence-corrected chi connectivity index (χ2v) is 7.63. The molecule has 2 amide bonds. The number of nitrogens with one attached hydrogen (secondary N) is 1. The van der Waals surface area contributed by atoms with Crippen LogP contribution in [0, 0.1) is 11.3 Å². The number of nitrogens with zero attached hydrogens (tertiary/aromatic N) is 3. The Balaban J connectivity index is 1.64. The molecule has 1 aliphatic heterocycles. The van der Waals surface area contributed by atoms with Gasteiger partial charge in [0, 0.05) is 22.7 Å². The topological polar surface area (TPSA) is 78.1 Å². The fourth-order valence-corrected chi connectivity index (χ4v) is 4.52. The van der Waals surface area contributed by atoms with Crippen LogP contribution in [-0.2, 0) is 6.42 Å². The van der Waals surface area contributed by atoms with Crippen LogP contribution in [-0.4, -0.2) is 22.8 Å². The maximum atomic E-state index is 12.0. The van der Waals surface area contributed by atoms with E-state index in [0.29, 0.717) is 5.56 Å². The molecule has 0 saturated carbocycles. The van der Waals surface area contributed by atoms with Gasteiger partial charge in [0.2, 0.25) is 0 Å². The number of carbonyl (C=O) groups is 1. The summed E-state index contributed by atoms with van der Waals surface area (Å²) < 4.78 is 0. The van der Waals surface area contributed by atoms with E-state index in [9.17, 15) is 4.79 Å². The second-order valence-electron chi connectivity index (χ2n) is 6.74. The number of carbonyl (C=O) groups excluding carboxylic acids is 1. The van der Waals surface area contributed by atoms with Crippen molar-refractivity contribution in [1.29, 1.82) is 5.26 Å². The minimum Gasteiger partial charge on any atom is -0.332 e. The van der Waals surface area contributed by atoms with Crippen molar-refractivity contribution in [3.8, 4) is 17.3 Å². The zero-order valence-corrected chi connectivity index (χ0v) is 16.1. The SMILES string of the molecule is CC1=NC(=O)NC(Cc2ccccc2)C1c1nc(-c2ccc(C#N)cc2)cs1. The van der Waals surface area contributed by atoms with Crippen LogP contribution in [0.15, 0.2) is 65.0 Å². The summed E-state index contributed by atoms with van der Waals surface area (Å²) in [5.74, 6) is -0.0602. The summed E-state index contributed by atoms with van der Waals surface area (Å²) in [6.07, 6.45) is 0.718. The van der Waals surface area contributed by atoms with E-state index < -0.39 is 0 Å².